The molecule has 2 aromatic rings. The maximum absolute atomic E-state index is 13.7. The van der Waals surface area contributed by atoms with Crippen LogP contribution >= 0.6 is 0 Å². The first-order valence-corrected chi connectivity index (χ1v) is 8.49. The Morgan fingerprint density at radius 3 is 2.54 bits per heavy atom. The molecule has 0 bridgehead atoms. The van der Waals surface area contributed by atoms with Crippen molar-refractivity contribution in [3.05, 3.63) is 46.8 Å². The number of esters is 1. The van der Waals surface area contributed by atoms with Crippen LogP contribution in [-0.4, -0.2) is 26.0 Å². The number of rotatable bonds is 5. The Morgan fingerprint density at radius 1 is 1.29 bits per heavy atom. The minimum Gasteiger partial charge on any atom is -0.461 e. The minimum atomic E-state index is -4.19. The molecule has 6 nitrogen and oxygen atoms in total. The number of aromatic amines is 1. The van der Waals surface area contributed by atoms with Crippen LogP contribution in [0, 0.1) is 25.5 Å². The summed E-state index contributed by atoms with van der Waals surface area (Å²) in [6, 6.07) is 2.48. The zero-order valence-electron chi connectivity index (χ0n) is 13.2. The smallest absolute Gasteiger partial charge is 0.355 e. The number of sulfonamides is 1. The summed E-state index contributed by atoms with van der Waals surface area (Å²) in [6.07, 6.45) is 0. The summed E-state index contributed by atoms with van der Waals surface area (Å²) < 4.78 is 58.6. The van der Waals surface area contributed by atoms with E-state index in [1.165, 1.54) is 13.8 Å². The predicted octanol–water partition coefficient (Wildman–Crippen LogP) is 2.89. The summed E-state index contributed by atoms with van der Waals surface area (Å²) in [4.78, 5) is 14.3. The average molecular weight is 358 g/mol. The summed E-state index contributed by atoms with van der Waals surface area (Å²) in [7, 11) is -4.19. The number of ether oxygens (including phenoxy) is 1. The molecule has 2 rings (SSSR count). The van der Waals surface area contributed by atoms with Gasteiger partial charge in [-0.15, -0.1) is 0 Å². The van der Waals surface area contributed by atoms with Gasteiger partial charge in [0.1, 0.15) is 22.2 Å². The van der Waals surface area contributed by atoms with Gasteiger partial charge in [-0.25, -0.2) is 22.0 Å². The van der Waals surface area contributed by atoms with Crippen LogP contribution < -0.4 is 4.72 Å². The molecule has 1 heterocycles. The molecule has 24 heavy (non-hydrogen) atoms. The van der Waals surface area contributed by atoms with Gasteiger partial charge in [0.25, 0.3) is 10.0 Å². The standard InChI is InChI=1S/C15H16F2N2O4S/c1-4-23-15(20)13-8(2)14(9(3)18-13)24(21,22)19-12-6-5-10(16)7-11(12)17/h5-7,18-19H,4H2,1-3H3. The van der Waals surface area contributed by atoms with Gasteiger partial charge in [-0.3, -0.25) is 4.72 Å². The van der Waals surface area contributed by atoms with Gasteiger partial charge in [0.2, 0.25) is 0 Å². The van der Waals surface area contributed by atoms with E-state index in [2.05, 4.69) is 9.71 Å². The van der Waals surface area contributed by atoms with Crippen molar-refractivity contribution >= 4 is 21.7 Å². The number of hydrogen-bond donors (Lipinski definition) is 2. The number of nitrogens with one attached hydrogen (secondary N) is 2. The molecule has 0 fully saturated rings. The second kappa shape index (κ2) is 6.60. The lowest BCUT2D eigenvalue weighted by Crippen LogP contribution is -2.16. The van der Waals surface area contributed by atoms with E-state index >= 15 is 0 Å². The van der Waals surface area contributed by atoms with Crippen LogP contribution in [0.3, 0.4) is 0 Å². The lowest BCUT2D eigenvalue weighted by Gasteiger charge is -2.10. The number of H-pyrrole nitrogens is 1. The minimum absolute atomic E-state index is 0.00861. The molecule has 0 aliphatic heterocycles. The van der Waals surface area contributed by atoms with E-state index in [4.69, 9.17) is 4.74 Å². The van der Waals surface area contributed by atoms with Gasteiger partial charge in [-0.05, 0) is 32.9 Å². The van der Waals surface area contributed by atoms with Crippen LogP contribution in [0.15, 0.2) is 23.1 Å². The van der Waals surface area contributed by atoms with Gasteiger partial charge in [0.05, 0.1) is 12.3 Å². The van der Waals surface area contributed by atoms with Gasteiger partial charge in [-0.1, -0.05) is 0 Å². The fraction of sp³-hybridized carbons (Fsp3) is 0.267. The Bertz CT molecular complexity index is 891. The van der Waals surface area contributed by atoms with Crippen molar-refractivity contribution < 1.29 is 26.7 Å². The van der Waals surface area contributed by atoms with Crippen LogP contribution in [0.4, 0.5) is 14.5 Å². The maximum atomic E-state index is 13.7. The van der Waals surface area contributed by atoms with Gasteiger partial charge in [-0.2, -0.15) is 0 Å². The quantitative estimate of drug-likeness (QED) is 0.805. The Morgan fingerprint density at radius 2 is 1.96 bits per heavy atom. The lowest BCUT2D eigenvalue weighted by atomic mass is 10.2. The highest BCUT2D eigenvalue weighted by atomic mass is 32.2. The van der Waals surface area contributed by atoms with E-state index in [0.29, 0.717) is 6.07 Å². The molecule has 0 saturated heterocycles. The molecule has 1 aromatic heterocycles. The lowest BCUT2D eigenvalue weighted by molar-refractivity contribution is 0.0519. The largest absolute Gasteiger partial charge is 0.461 e. The maximum Gasteiger partial charge on any atom is 0.355 e. The molecule has 0 aliphatic rings. The van der Waals surface area contributed by atoms with Crippen molar-refractivity contribution in [2.24, 2.45) is 0 Å². The number of carbonyl (C=O) groups excluding carboxylic acids is 1. The number of hydrogen-bond acceptors (Lipinski definition) is 4. The SMILES string of the molecule is CCOC(=O)c1[nH]c(C)c(S(=O)(=O)Nc2ccc(F)cc2F)c1C. The predicted molar refractivity (Wildman–Crippen MR) is 83.4 cm³/mol. The van der Waals surface area contributed by atoms with Crippen LogP contribution in [0.1, 0.15) is 28.7 Å². The summed E-state index contributed by atoms with van der Waals surface area (Å²) in [5.74, 6) is -2.56. The highest BCUT2D eigenvalue weighted by molar-refractivity contribution is 7.92. The summed E-state index contributed by atoms with van der Waals surface area (Å²) >= 11 is 0. The van der Waals surface area contributed by atoms with E-state index in [9.17, 15) is 22.0 Å². The Balaban J connectivity index is 2.44. The van der Waals surface area contributed by atoms with Crippen molar-refractivity contribution in [2.45, 2.75) is 25.7 Å². The third-order valence-electron chi connectivity index (χ3n) is 3.29. The highest BCUT2D eigenvalue weighted by Gasteiger charge is 2.27. The molecule has 0 aliphatic carbocycles. The molecule has 0 amide bonds. The van der Waals surface area contributed by atoms with Crippen molar-refractivity contribution in [2.75, 3.05) is 11.3 Å². The average Bonchev–Trinajstić information content (AvgIpc) is 2.78. The zero-order chi connectivity index (χ0) is 18.1. The monoisotopic (exact) mass is 358 g/mol. The number of halogens is 2. The molecule has 130 valence electrons. The van der Waals surface area contributed by atoms with Crippen molar-refractivity contribution in [3.63, 3.8) is 0 Å². The van der Waals surface area contributed by atoms with Crippen molar-refractivity contribution in [1.82, 2.24) is 4.98 Å². The van der Waals surface area contributed by atoms with Gasteiger partial charge < -0.3 is 9.72 Å². The first-order valence-electron chi connectivity index (χ1n) is 7.01. The summed E-state index contributed by atoms with van der Waals surface area (Å²) in [5, 5.41) is 0. The first-order chi connectivity index (χ1) is 11.2. The molecular weight excluding hydrogens is 342 g/mol. The molecule has 2 N–H and O–H groups in total. The third kappa shape index (κ3) is 3.40. The second-order valence-corrected chi connectivity index (χ2v) is 6.65. The van der Waals surface area contributed by atoms with E-state index in [-0.39, 0.29) is 28.5 Å². The third-order valence-corrected chi connectivity index (χ3v) is 4.93. The molecule has 0 saturated carbocycles. The number of anilines is 1. The van der Waals surface area contributed by atoms with Gasteiger partial charge in [0, 0.05) is 17.3 Å². The molecule has 9 heteroatoms. The van der Waals surface area contributed by atoms with E-state index in [0.717, 1.165) is 12.1 Å². The highest BCUT2D eigenvalue weighted by Crippen LogP contribution is 2.27. The molecule has 1 aromatic carbocycles. The molecular formula is C15H16F2N2O4S. The zero-order valence-corrected chi connectivity index (χ0v) is 14.1. The number of carbonyl (C=O) groups is 1. The fourth-order valence-corrected chi connectivity index (χ4v) is 3.83. The van der Waals surface area contributed by atoms with E-state index in [1.54, 1.807) is 6.92 Å². The van der Waals surface area contributed by atoms with Crippen LogP contribution in [0.5, 0.6) is 0 Å². The topological polar surface area (TPSA) is 88.3 Å². The normalized spacial score (nSPS) is 11.4. The Labute approximate surface area is 137 Å². The van der Waals surface area contributed by atoms with Crippen LogP contribution in [0.25, 0.3) is 0 Å². The van der Waals surface area contributed by atoms with Crippen molar-refractivity contribution in [1.29, 1.82) is 0 Å². The molecule has 0 unspecified atom stereocenters. The number of benzene rings is 1. The fourth-order valence-electron chi connectivity index (χ4n) is 2.31. The second-order valence-electron chi connectivity index (χ2n) is 5.03. The summed E-state index contributed by atoms with van der Waals surface area (Å²) in [5.41, 5.74) is -0.0325. The van der Waals surface area contributed by atoms with Crippen LogP contribution in [-0.2, 0) is 14.8 Å². The van der Waals surface area contributed by atoms with E-state index < -0.39 is 33.3 Å². The van der Waals surface area contributed by atoms with Gasteiger partial charge >= 0.3 is 5.97 Å². The van der Waals surface area contributed by atoms with Gasteiger partial charge in [0.15, 0.2) is 0 Å². The Kier molecular flexibility index (Phi) is 4.93. The molecule has 0 spiro atoms. The first kappa shape index (κ1) is 17.9. The number of aromatic nitrogens is 1. The molecule has 0 atom stereocenters. The summed E-state index contributed by atoms with van der Waals surface area (Å²) in [6.45, 7) is 4.66. The Hall–Kier alpha value is -2.42. The molecule has 0 radical (unpaired) electrons. The van der Waals surface area contributed by atoms with Crippen molar-refractivity contribution in [3.8, 4) is 0 Å². The number of aryl methyl sites for hydroxylation is 1. The van der Waals surface area contributed by atoms with E-state index in [1.807, 2.05) is 0 Å². The van der Waals surface area contributed by atoms with Crippen LogP contribution in [0.2, 0.25) is 0 Å².